The molecule has 5 nitrogen and oxygen atoms in total. The van der Waals surface area contributed by atoms with Crippen LogP contribution in [0.3, 0.4) is 0 Å². The fourth-order valence-corrected chi connectivity index (χ4v) is 3.38. The van der Waals surface area contributed by atoms with Crippen LogP contribution in [0.2, 0.25) is 5.02 Å². The second-order valence-corrected chi connectivity index (χ2v) is 7.64. The van der Waals surface area contributed by atoms with Gasteiger partial charge < -0.3 is 5.32 Å². The van der Waals surface area contributed by atoms with Crippen molar-refractivity contribution >= 4 is 34.2 Å². The molecule has 0 spiro atoms. The van der Waals surface area contributed by atoms with Crippen molar-refractivity contribution in [2.75, 3.05) is 5.32 Å². The van der Waals surface area contributed by atoms with Crippen molar-refractivity contribution in [3.8, 4) is 0 Å². The highest BCUT2D eigenvalue weighted by Gasteiger charge is 2.28. The molecule has 26 heavy (non-hydrogen) atoms. The number of amides is 1. The third-order valence-electron chi connectivity index (χ3n) is 4.75. The molecule has 0 bridgehead atoms. The number of fused-ring (bicyclic) bond motifs is 1. The first-order valence-electron chi connectivity index (χ1n) is 8.89. The molecule has 2 heterocycles. The summed E-state index contributed by atoms with van der Waals surface area (Å²) in [5.74, 6) is 0.312. The fraction of sp³-hybridized carbons (Fsp3) is 0.350. The summed E-state index contributed by atoms with van der Waals surface area (Å²) >= 11 is 6.01. The Kier molecular flexibility index (Phi) is 4.19. The van der Waals surface area contributed by atoms with Gasteiger partial charge in [0.25, 0.3) is 5.91 Å². The minimum Gasteiger partial charge on any atom is -0.322 e. The molecule has 1 aromatic carbocycles. The van der Waals surface area contributed by atoms with E-state index in [1.807, 2.05) is 29.8 Å². The molecule has 2 aromatic heterocycles. The maximum atomic E-state index is 13.0. The van der Waals surface area contributed by atoms with E-state index in [1.165, 1.54) is 0 Å². The Hall–Kier alpha value is -2.40. The monoisotopic (exact) mass is 368 g/mol. The Bertz CT molecular complexity index is 1000. The second kappa shape index (κ2) is 6.40. The van der Waals surface area contributed by atoms with Gasteiger partial charge in [-0.2, -0.15) is 5.10 Å². The minimum absolute atomic E-state index is 0.145. The predicted molar refractivity (Wildman–Crippen MR) is 104 cm³/mol. The quantitative estimate of drug-likeness (QED) is 0.696. The van der Waals surface area contributed by atoms with E-state index in [0.717, 1.165) is 40.8 Å². The lowest BCUT2D eigenvalue weighted by atomic mass is 10.1. The van der Waals surface area contributed by atoms with E-state index in [1.54, 1.807) is 12.3 Å². The molecule has 1 fully saturated rings. The summed E-state index contributed by atoms with van der Waals surface area (Å²) in [7, 11) is 0. The maximum absolute atomic E-state index is 13.0. The highest BCUT2D eigenvalue weighted by Crippen LogP contribution is 2.40. The van der Waals surface area contributed by atoms with Crippen molar-refractivity contribution in [1.29, 1.82) is 0 Å². The van der Waals surface area contributed by atoms with Crippen LogP contribution in [-0.2, 0) is 0 Å². The topological polar surface area (TPSA) is 59.8 Å². The Morgan fingerprint density at radius 1 is 1.31 bits per heavy atom. The number of anilines is 1. The van der Waals surface area contributed by atoms with E-state index in [2.05, 4.69) is 24.3 Å². The number of nitrogens with one attached hydrogen (secondary N) is 1. The third kappa shape index (κ3) is 3.07. The SMILES string of the molecule is Cc1cc(Cl)ccc1NC(=O)c1cc(C2CC2)nc2c1cnn2C(C)C. The first-order chi connectivity index (χ1) is 12.4. The van der Waals surface area contributed by atoms with Crippen LogP contribution in [0.15, 0.2) is 30.5 Å². The number of carbonyl (C=O) groups is 1. The van der Waals surface area contributed by atoms with Crippen LogP contribution in [-0.4, -0.2) is 20.7 Å². The zero-order valence-corrected chi connectivity index (χ0v) is 15.8. The van der Waals surface area contributed by atoms with Crippen LogP contribution in [0.4, 0.5) is 5.69 Å². The first-order valence-corrected chi connectivity index (χ1v) is 9.27. The van der Waals surface area contributed by atoms with Crippen molar-refractivity contribution in [3.63, 3.8) is 0 Å². The van der Waals surface area contributed by atoms with Gasteiger partial charge in [0.05, 0.1) is 17.1 Å². The third-order valence-corrected chi connectivity index (χ3v) is 4.99. The highest BCUT2D eigenvalue weighted by atomic mass is 35.5. The lowest BCUT2D eigenvalue weighted by Gasteiger charge is -2.12. The van der Waals surface area contributed by atoms with Gasteiger partial charge in [-0.05, 0) is 63.4 Å². The van der Waals surface area contributed by atoms with E-state index >= 15 is 0 Å². The summed E-state index contributed by atoms with van der Waals surface area (Å²) in [4.78, 5) is 17.8. The van der Waals surface area contributed by atoms with Crippen LogP contribution in [0, 0.1) is 6.92 Å². The normalized spacial score (nSPS) is 14.2. The number of benzene rings is 1. The summed E-state index contributed by atoms with van der Waals surface area (Å²) in [5.41, 5.74) is 4.07. The molecule has 0 radical (unpaired) electrons. The van der Waals surface area contributed by atoms with E-state index in [-0.39, 0.29) is 11.9 Å². The molecule has 0 saturated heterocycles. The smallest absolute Gasteiger partial charge is 0.256 e. The maximum Gasteiger partial charge on any atom is 0.256 e. The van der Waals surface area contributed by atoms with E-state index in [0.29, 0.717) is 16.5 Å². The van der Waals surface area contributed by atoms with Crippen LogP contribution < -0.4 is 5.32 Å². The molecule has 134 valence electrons. The van der Waals surface area contributed by atoms with Gasteiger partial charge in [-0.25, -0.2) is 9.67 Å². The van der Waals surface area contributed by atoms with Crippen LogP contribution in [0.25, 0.3) is 11.0 Å². The highest BCUT2D eigenvalue weighted by molar-refractivity contribution is 6.30. The van der Waals surface area contributed by atoms with Crippen LogP contribution in [0.5, 0.6) is 0 Å². The number of halogens is 1. The Morgan fingerprint density at radius 2 is 2.08 bits per heavy atom. The number of aromatic nitrogens is 3. The summed E-state index contributed by atoms with van der Waals surface area (Å²) in [6, 6.07) is 7.55. The van der Waals surface area contributed by atoms with Gasteiger partial charge in [0.1, 0.15) is 0 Å². The van der Waals surface area contributed by atoms with Gasteiger partial charge in [-0.15, -0.1) is 0 Å². The number of carbonyl (C=O) groups excluding carboxylic acids is 1. The summed E-state index contributed by atoms with van der Waals surface area (Å²) in [5, 5.41) is 8.90. The second-order valence-electron chi connectivity index (χ2n) is 7.20. The average Bonchev–Trinajstić information content (AvgIpc) is 3.35. The molecule has 0 unspecified atom stereocenters. The van der Waals surface area contributed by atoms with Crippen LogP contribution in [0.1, 0.15) is 60.3 Å². The van der Waals surface area contributed by atoms with Crippen molar-refractivity contribution in [3.05, 3.63) is 52.3 Å². The number of hydrogen-bond donors (Lipinski definition) is 1. The minimum atomic E-state index is -0.145. The van der Waals surface area contributed by atoms with E-state index in [4.69, 9.17) is 16.6 Å². The van der Waals surface area contributed by atoms with Gasteiger partial charge >= 0.3 is 0 Å². The number of aryl methyl sites for hydroxylation is 1. The van der Waals surface area contributed by atoms with Crippen molar-refractivity contribution in [1.82, 2.24) is 14.8 Å². The first kappa shape index (κ1) is 17.0. The molecule has 1 saturated carbocycles. The zero-order chi connectivity index (χ0) is 18.4. The zero-order valence-electron chi connectivity index (χ0n) is 15.1. The van der Waals surface area contributed by atoms with Crippen molar-refractivity contribution < 1.29 is 4.79 Å². The molecule has 1 aliphatic carbocycles. The van der Waals surface area contributed by atoms with Crippen molar-refractivity contribution in [2.24, 2.45) is 0 Å². The Labute approximate surface area is 157 Å². The number of rotatable bonds is 4. The number of hydrogen-bond acceptors (Lipinski definition) is 3. The summed E-state index contributed by atoms with van der Waals surface area (Å²) in [6.45, 7) is 6.06. The Balaban J connectivity index is 1.78. The lowest BCUT2D eigenvalue weighted by molar-refractivity contribution is 0.102. The van der Waals surface area contributed by atoms with Gasteiger partial charge in [-0.1, -0.05) is 11.6 Å². The molecule has 1 amide bonds. The largest absolute Gasteiger partial charge is 0.322 e. The van der Waals surface area contributed by atoms with Gasteiger partial charge in [0.15, 0.2) is 5.65 Å². The molecular formula is C20H21ClN4O. The van der Waals surface area contributed by atoms with E-state index in [9.17, 15) is 4.79 Å². The van der Waals surface area contributed by atoms with Gasteiger partial charge in [0.2, 0.25) is 0 Å². The Morgan fingerprint density at radius 3 is 2.73 bits per heavy atom. The molecule has 0 atom stereocenters. The molecule has 4 rings (SSSR count). The molecule has 1 aliphatic rings. The standard InChI is InChI=1S/C20H21ClN4O/c1-11(2)25-19-16(10-22-25)15(9-18(23-19)13-4-5-13)20(26)24-17-7-6-14(21)8-12(17)3/h6-11,13H,4-5H2,1-3H3,(H,24,26). The molecule has 6 heteroatoms. The fourth-order valence-electron chi connectivity index (χ4n) is 3.15. The van der Waals surface area contributed by atoms with Gasteiger partial charge in [0, 0.05) is 28.4 Å². The molecule has 1 N–H and O–H groups in total. The number of nitrogens with zero attached hydrogens (tertiary/aromatic N) is 3. The van der Waals surface area contributed by atoms with Gasteiger partial charge in [-0.3, -0.25) is 4.79 Å². The summed E-state index contributed by atoms with van der Waals surface area (Å²) in [6.07, 6.45) is 4.00. The predicted octanol–water partition coefficient (Wildman–Crippen LogP) is 5.10. The number of pyridine rings is 1. The van der Waals surface area contributed by atoms with E-state index < -0.39 is 0 Å². The molecule has 3 aromatic rings. The van der Waals surface area contributed by atoms with Crippen LogP contribution >= 0.6 is 11.6 Å². The molecular weight excluding hydrogens is 348 g/mol. The van der Waals surface area contributed by atoms with Crippen molar-refractivity contribution in [2.45, 2.75) is 45.6 Å². The summed E-state index contributed by atoms with van der Waals surface area (Å²) < 4.78 is 1.88. The molecule has 0 aliphatic heterocycles. The average molecular weight is 369 g/mol. The lowest BCUT2D eigenvalue weighted by Crippen LogP contribution is -2.14.